The maximum absolute atomic E-state index is 11.6. The van der Waals surface area contributed by atoms with E-state index in [4.69, 9.17) is 5.73 Å². The van der Waals surface area contributed by atoms with Gasteiger partial charge in [-0.05, 0) is 12.5 Å². The van der Waals surface area contributed by atoms with Crippen LogP contribution in [0.3, 0.4) is 0 Å². The van der Waals surface area contributed by atoms with E-state index in [1.807, 2.05) is 0 Å². The molecule has 0 aliphatic carbocycles. The normalized spacial score (nSPS) is 11.6. The lowest BCUT2D eigenvalue weighted by atomic mass is 10.2. The molecule has 0 aliphatic rings. The Kier molecular flexibility index (Phi) is 4.36. The number of hydrogen-bond donors (Lipinski definition) is 2. The fraction of sp³-hybridized carbons (Fsp3) is 0.182. The minimum absolute atomic E-state index is 0.141. The fourth-order valence-electron chi connectivity index (χ4n) is 1.25. The lowest BCUT2D eigenvalue weighted by molar-refractivity contribution is -0.383. The molecule has 0 bridgehead atoms. The van der Waals surface area contributed by atoms with Crippen LogP contribution < -0.4 is 11.1 Å². The average Bonchev–Trinajstić information content (AvgIpc) is 2.29. The Morgan fingerprint density at radius 2 is 2.24 bits per heavy atom. The van der Waals surface area contributed by atoms with Crippen molar-refractivity contribution >= 4 is 17.3 Å². The van der Waals surface area contributed by atoms with Crippen LogP contribution in [0.5, 0.6) is 0 Å². The Balaban J connectivity index is 2.84. The Morgan fingerprint density at radius 3 is 2.82 bits per heavy atom. The van der Waals surface area contributed by atoms with Gasteiger partial charge in [0.15, 0.2) is 0 Å². The smallest absolute Gasteiger partial charge is 0.292 e. The van der Waals surface area contributed by atoms with E-state index in [-0.39, 0.29) is 11.4 Å². The predicted molar refractivity (Wildman–Crippen MR) is 64.5 cm³/mol. The van der Waals surface area contributed by atoms with Crippen LogP contribution in [-0.4, -0.2) is 16.9 Å². The van der Waals surface area contributed by atoms with E-state index in [1.165, 1.54) is 24.3 Å². The van der Waals surface area contributed by atoms with Gasteiger partial charge in [0.1, 0.15) is 5.69 Å². The second kappa shape index (κ2) is 5.76. The van der Waals surface area contributed by atoms with E-state index >= 15 is 0 Å². The minimum atomic E-state index is -0.757. The molecular weight excluding hydrogens is 222 g/mol. The number of rotatable bonds is 5. The van der Waals surface area contributed by atoms with Crippen molar-refractivity contribution in [2.75, 3.05) is 5.32 Å². The third kappa shape index (κ3) is 3.39. The number of benzene rings is 1. The highest BCUT2D eigenvalue weighted by Gasteiger charge is 2.17. The van der Waals surface area contributed by atoms with Crippen LogP contribution in [0.1, 0.15) is 6.42 Å². The second-order valence-corrected chi connectivity index (χ2v) is 3.39. The van der Waals surface area contributed by atoms with E-state index in [9.17, 15) is 14.9 Å². The molecule has 17 heavy (non-hydrogen) atoms. The molecule has 1 unspecified atom stereocenters. The number of hydrogen-bond acceptors (Lipinski definition) is 4. The molecule has 1 aromatic rings. The highest BCUT2D eigenvalue weighted by molar-refractivity contribution is 5.96. The molecule has 90 valence electrons. The number of anilines is 1. The zero-order chi connectivity index (χ0) is 12.8. The third-order valence-corrected chi connectivity index (χ3v) is 2.12. The van der Waals surface area contributed by atoms with E-state index in [2.05, 4.69) is 11.9 Å². The number of nitrogens with one attached hydrogen (secondary N) is 1. The summed E-state index contributed by atoms with van der Waals surface area (Å²) in [7, 11) is 0. The van der Waals surface area contributed by atoms with Crippen LogP contribution in [0.15, 0.2) is 36.9 Å². The first-order chi connectivity index (χ1) is 8.06. The summed E-state index contributed by atoms with van der Waals surface area (Å²) in [6.45, 7) is 3.47. The quantitative estimate of drug-likeness (QED) is 0.458. The summed E-state index contributed by atoms with van der Waals surface area (Å²) in [4.78, 5) is 21.7. The van der Waals surface area contributed by atoms with Crippen LogP contribution in [0, 0.1) is 10.1 Å². The molecule has 1 amide bonds. The topological polar surface area (TPSA) is 98.3 Å². The zero-order valence-corrected chi connectivity index (χ0v) is 9.13. The fourth-order valence-corrected chi connectivity index (χ4v) is 1.25. The van der Waals surface area contributed by atoms with Crippen molar-refractivity contribution in [2.24, 2.45) is 5.73 Å². The van der Waals surface area contributed by atoms with Gasteiger partial charge in [-0.3, -0.25) is 14.9 Å². The third-order valence-electron chi connectivity index (χ3n) is 2.12. The van der Waals surface area contributed by atoms with E-state index < -0.39 is 16.9 Å². The van der Waals surface area contributed by atoms with Gasteiger partial charge in [0.05, 0.1) is 11.0 Å². The number of nitrogens with zero attached hydrogens (tertiary/aromatic N) is 1. The van der Waals surface area contributed by atoms with Crippen LogP contribution in [0.4, 0.5) is 11.4 Å². The molecule has 0 saturated carbocycles. The number of nitrogens with two attached hydrogens (primary N) is 1. The summed E-state index contributed by atoms with van der Waals surface area (Å²) < 4.78 is 0. The summed E-state index contributed by atoms with van der Waals surface area (Å²) in [5.74, 6) is -0.473. The lowest BCUT2D eigenvalue weighted by Gasteiger charge is -2.10. The largest absolute Gasteiger partial charge is 0.320 e. The van der Waals surface area contributed by atoms with Gasteiger partial charge in [0, 0.05) is 6.07 Å². The lowest BCUT2D eigenvalue weighted by Crippen LogP contribution is -2.35. The van der Waals surface area contributed by atoms with Crippen molar-refractivity contribution in [3.8, 4) is 0 Å². The van der Waals surface area contributed by atoms with Crippen LogP contribution >= 0.6 is 0 Å². The monoisotopic (exact) mass is 235 g/mol. The standard InChI is InChI=1S/C11H13N3O3/c1-2-5-8(12)11(15)13-9-6-3-4-7-10(9)14(16)17/h2-4,6-8H,1,5,12H2,(H,13,15). The molecule has 1 aromatic carbocycles. The molecule has 1 rings (SSSR count). The van der Waals surface area contributed by atoms with Crippen molar-refractivity contribution in [1.29, 1.82) is 0 Å². The van der Waals surface area contributed by atoms with E-state index in [0.29, 0.717) is 6.42 Å². The van der Waals surface area contributed by atoms with Crippen molar-refractivity contribution < 1.29 is 9.72 Å². The summed E-state index contributed by atoms with van der Waals surface area (Å²) in [6.07, 6.45) is 1.83. The van der Waals surface area contributed by atoms with Crippen molar-refractivity contribution in [2.45, 2.75) is 12.5 Å². The van der Waals surface area contributed by atoms with Crippen molar-refractivity contribution in [1.82, 2.24) is 0 Å². The SMILES string of the molecule is C=CCC(N)C(=O)Nc1ccccc1[N+](=O)[O-]. The summed E-state index contributed by atoms with van der Waals surface area (Å²) >= 11 is 0. The molecule has 3 N–H and O–H groups in total. The van der Waals surface area contributed by atoms with E-state index in [0.717, 1.165) is 0 Å². The molecule has 0 saturated heterocycles. The first kappa shape index (κ1) is 12.9. The average molecular weight is 235 g/mol. The maximum atomic E-state index is 11.6. The summed E-state index contributed by atoms with van der Waals surface area (Å²) in [6, 6.07) is 5.14. The highest BCUT2D eigenvalue weighted by atomic mass is 16.6. The Bertz CT molecular complexity index is 445. The number of carbonyl (C=O) groups excluding carboxylic acids is 1. The molecule has 1 atom stereocenters. The highest BCUT2D eigenvalue weighted by Crippen LogP contribution is 2.23. The maximum Gasteiger partial charge on any atom is 0.292 e. The van der Waals surface area contributed by atoms with Crippen LogP contribution in [0.25, 0.3) is 0 Å². The number of amides is 1. The number of nitro groups is 1. The minimum Gasteiger partial charge on any atom is -0.320 e. The second-order valence-electron chi connectivity index (χ2n) is 3.39. The predicted octanol–water partition coefficient (Wildman–Crippen LogP) is 1.44. The van der Waals surface area contributed by atoms with Crippen LogP contribution in [-0.2, 0) is 4.79 Å². The Hall–Kier alpha value is -2.21. The molecule has 0 heterocycles. The van der Waals surface area contributed by atoms with Gasteiger partial charge in [-0.15, -0.1) is 6.58 Å². The Labute approximate surface area is 98.3 Å². The summed E-state index contributed by atoms with van der Waals surface area (Å²) in [5.41, 5.74) is 5.53. The van der Waals surface area contributed by atoms with Gasteiger partial charge in [-0.25, -0.2) is 0 Å². The first-order valence-corrected chi connectivity index (χ1v) is 4.97. The van der Waals surface area contributed by atoms with Gasteiger partial charge in [-0.1, -0.05) is 18.2 Å². The molecular formula is C11H13N3O3. The van der Waals surface area contributed by atoms with Gasteiger partial charge in [0.2, 0.25) is 5.91 Å². The molecule has 0 aliphatic heterocycles. The number of para-hydroxylation sites is 2. The van der Waals surface area contributed by atoms with Gasteiger partial charge in [0.25, 0.3) is 5.69 Å². The number of carbonyl (C=O) groups is 1. The molecule has 6 nitrogen and oxygen atoms in total. The van der Waals surface area contributed by atoms with Gasteiger partial charge in [-0.2, -0.15) is 0 Å². The van der Waals surface area contributed by atoms with Gasteiger partial charge >= 0.3 is 0 Å². The number of nitro benzene ring substituents is 1. The van der Waals surface area contributed by atoms with Crippen molar-refractivity contribution in [3.63, 3.8) is 0 Å². The van der Waals surface area contributed by atoms with Gasteiger partial charge < -0.3 is 11.1 Å². The zero-order valence-electron chi connectivity index (χ0n) is 9.13. The molecule has 0 radical (unpaired) electrons. The van der Waals surface area contributed by atoms with E-state index in [1.54, 1.807) is 6.07 Å². The first-order valence-electron chi connectivity index (χ1n) is 4.97. The Morgan fingerprint density at radius 1 is 1.59 bits per heavy atom. The summed E-state index contributed by atoms with van der Waals surface area (Å²) in [5, 5.41) is 13.1. The molecule has 6 heteroatoms. The molecule has 0 spiro atoms. The van der Waals surface area contributed by atoms with Crippen LogP contribution in [0.2, 0.25) is 0 Å². The molecule has 0 aromatic heterocycles. The van der Waals surface area contributed by atoms with Crippen molar-refractivity contribution in [3.05, 3.63) is 47.0 Å². The molecule has 0 fully saturated rings.